The summed E-state index contributed by atoms with van der Waals surface area (Å²) in [5, 5.41) is 6.92. The normalized spacial score (nSPS) is 13.2. The van der Waals surface area contributed by atoms with Crippen LogP contribution in [0.25, 0.3) is 11.1 Å². The van der Waals surface area contributed by atoms with Crippen LogP contribution in [-0.2, 0) is 11.3 Å². The molecule has 0 atom stereocenters. The van der Waals surface area contributed by atoms with Crippen LogP contribution < -0.4 is 10.6 Å². The van der Waals surface area contributed by atoms with Crippen molar-refractivity contribution in [3.63, 3.8) is 0 Å². The van der Waals surface area contributed by atoms with Crippen molar-refractivity contribution in [1.82, 2.24) is 10.6 Å². The van der Waals surface area contributed by atoms with Gasteiger partial charge in [0, 0.05) is 11.6 Å². The van der Waals surface area contributed by atoms with E-state index in [2.05, 4.69) is 16.7 Å². The first-order chi connectivity index (χ1) is 11.2. The van der Waals surface area contributed by atoms with Gasteiger partial charge in [-0.25, -0.2) is 0 Å². The van der Waals surface area contributed by atoms with Crippen LogP contribution in [0.2, 0.25) is 5.02 Å². The third kappa shape index (κ3) is 5.52. The molecule has 128 valence electrons. The van der Waals surface area contributed by atoms with Crippen molar-refractivity contribution in [3.8, 4) is 11.1 Å². The fourth-order valence-corrected chi connectivity index (χ4v) is 2.68. The molecule has 1 aliphatic rings. The van der Waals surface area contributed by atoms with Crippen LogP contribution in [0.15, 0.2) is 48.5 Å². The van der Waals surface area contributed by atoms with Crippen molar-refractivity contribution in [2.75, 3.05) is 13.1 Å². The van der Waals surface area contributed by atoms with Crippen LogP contribution >= 0.6 is 24.0 Å². The largest absolute Gasteiger partial charge is 0.351 e. The number of carbonyl (C=O) groups is 1. The lowest BCUT2D eigenvalue weighted by Gasteiger charge is -2.11. The van der Waals surface area contributed by atoms with Gasteiger partial charge in [0.1, 0.15) is 0 Å². The lowest BCUT2D eigenvalue weighted by Crippen LogP contribution is -2.34. The quantitative estimate of drug-likeness (QED) is 0.778. The molecule has 0 radical (unpaired) electrons. The smallest absolute Gasteiger partial charge is 0.234 e. The zero-order valence-electron chi connectivity index (χ0n) is 13.4. The maximum absolute atomic E-state index is 11.9. The number of rotatable bonds is 7. The van der Waals surface area contributed by atoms with E-state index in [4.69, 9.17) is 11.6 Å². The van der Waals surface area contributed by atoms with Crippen molar-refractivity contribution in [2.24, 2.45) is 5.92 Å². The summed E-state index contributed by atoms with van der Waals surface area (Å²) >= 11 is 5.95. The number of halogens is 2. The molecule has 1 amide bonds. The standard InChI is InChI=1S/C19H21ClN2O.ClH/c20-17-9-7-15(8-10-17)18-4-2-1-3-16(18)12-22-19(23)13-21-11-14-5-6-14;/h1-4,7-10,14,21H,5-6,11-13H2,(H,22,23);1H. The van der Waals surface area contributed by atoms with Gasteiger partial charge in [-0.05, 0) is 54.1 Å². The molecule has 3 nitrogen and oxygen atoms in total. The van der Waals surface area contributed by atoms with Crippen molar-refractivity contribution in [3.05, 3.63) is 59.1 Å². The SMILES string of the molecule is Cl.O=C(CNCC1CC1)NCc1ccccc1-c1ccc(Cl)cc1. The van der Waals surface area contributed by atoms with E-state index < -0.39 is 0 Å². The first kappa shape index (κ1) is 18.8. The molecule has 2 aromatic rings. The van der Waals surface area contributed by atoms with E-state index in [0.29, 0.717) is 13.1 Å². The van der Waals surface area contributed by atoms with E-state index in [0.717, 1.165) is 34.2 Å². The Labute approximate surface area is 154 Å². The summed E-state index contributed by atoms with van der Waals surface area (Å²) in [6, 6.07) is 15.9. The van der Waals surface area contributed by atoms with E-state index in [-0.39, 0.29) is 18.3 Å². The Morgan fingerprint density at radius 1 is 1.08 bits per heavy atom. The Morgan fingerprint density at radius 3 is 2.50 bits per heavy atom. The molecule has 0 spiro atoms. The molecule has 1 aliphatic carbocycles. The van der Waals surface area contributed by atoms with Gasteiger partial charge >= 0.3 is 0 Å². The molecule has 3 rings (SSSR count). The zero-order chi connectivity index (χ0) is 16.1. The predicted octanol–water partition coefficient (Wildman–Crippen LogP) is 4.04. The fraction of sp³-hybridized carbons (Fsp3) is 0.316. The first-order valence-corrected chi connectivity index (χ1v) is 8.41. The second kappa shape index (κ2) is 9.07. The number of benzene rings is 2. The highest BCUT2D eigenvalue weighted by Gasteiger charge is 2.20. The lowest BCUT2D eigenvalue weighted by atomic mass is 10.00. The molecule has 5 heteroatoms. The van der Waals surface area contributed by atoms with Crippen molar-refractivity contribution in [1.29, 1.82) is 0 Å². The molecule has 2 aromatic carbocycles. The minimum absolute atomic E-state index is 0. The average Bonchev–Trinajstić information content (AvgIpc) is 3.38. The summed E-state index contributed by atoms with van der Waals surface area (Å²) in [4.78, 5) is 11.9. The van der Waals surface area contributed by atoms with Gasteiger partial charge in [-0.3, -0.25) is 4.79 Å². The molecule has 0 aliphatic heterocycles. The number of hydrogen-bond acceptors (Lipinski definition) is 2. The maximum atomic E-state index is 11.9. The molecule has 0 unspecified atom stereocenters. The molecule has 0 bridgehead atoms. The van der Waals surface area contributed by atoms with Crippen molar-refractivity contribution in [2.45, 2.75) is 19.4 Å². The Bertz CT molecular complexity index is 669. The van der Waals surface area contributed by atoms with Gasteiger partial charge in [-0.2, -0.15) is 0 Å². The number of amides is 1. The lowest BCUT2D eigenvalue weighted by molar-refractivity contribution is -0.120. The minimum atomic E-state index is 0. The van der Waals surface area contributed by atoms with Crippen LogP contribution in [-0.4, -0.2) is 19.0 Å². The van der Waals surface area contributed by atoms with E-state index >= 15 is 0 Å². The zero-order valence-corrected chi connectivity index (χ0v) is 15.0. The monoisotopic (exact) mass is 364 g/mol. The Morgan fingerprint density at radius 2 is 1.79 bits per heavy atom. The first-order valence-electron chi connectivity index (χ1n) is 8.03. The molecule has 1 saturated carbocycles. The summed E-state index contributed by atoms with van der Waals surface area (Å²) in [7, 11) is 0. The maximum Gasteiger partial charge on any atom is 0.234 e. The van der Waals surface area contributed by atoms with Gasteiger partial charge < -0.3 is 10.6 Å². The molecule has 0 heterocycles. The fourth-order valence-electron chi connectivity index (χ4n) is 2.55. The van der Waals surface area contributed by atoms with Gasteiger partial charge in [-0.1, -0.05) is 48.0 Å². The third-order valence-electron chi connectivity index (χ3n) is 4.06. The Balaban J connectivity index is 0.00000208. The molecule has 24 heavy (non-hydrogen) atoms. The van der Waals surface area contributed by atoms with Gasteiger partial charge in [0.15, 0.2) is 0 Å². The summed E-state index contributed by atoms with van der Waals surface area (Å²) in [5.74, 6) is 0.824. The summed E-state index contributed by atoms with van der Waals surface area (Å²) in [6.07, 6.45) is 2.59. The highest BCUT2D eigenvalue weighted by Crippen LogP contribution is 2.27. The summed E-state index contributed by atoms with van der Waals surface area (Å²) < 4.78 is 0. The molecule has 2 N–H and O–H groups in total. The second-order valence-corrected chi connectivity index (χ2v) is 6.45. The number of nitrogens with one attached hydrogen (secondary N) is 2. The Kier molecular flexibility index (Phi) is 7.10. The summed E-state index contributed by atoms with van der Waals surface area (Å²) in [5.41, 5.74) is 3.33. The van der Waals surface area contributed by atoms with Crippen molar-refractivity contribution < 1.29 is 4.79 Å². The van der Waals surface area contributed by atoms with Gasteiger partial charge in [0.25, 0.3) is 0 Å². The van der Waals surface area contributed by atoms with Crippen LogP contribution in [0.3, 0.4) is 0 Å². The van der Waals surface area contributed by atoms with E-state index in [1.807, 2.05) is 42.5 Å². The Hall–Kier alpha value is -1.55. The summed E-state index contributed by atoms with van der Waals surface area (Å²) in [6.45, 7) is 1.87. The molecular weight excluding hydrogens is 343 g/mol. The third-order valence-corrected chi connectivity index (χ3v) is 4.32. The van der Waals surface area contributed by atoms with Crippen LogP contribution in [0.1, 0.15) is 18.4 Å². The topological polar surface area (TPSA) is 41.1 Å². The van der Waals surface area contributed by atoms with E-state index in [9.17, 15) is 4.79 Å². The minimum Gasteiger partial charge on any atom is -0.351 e. The van der Waals surface area contributed by atoms with E-state index in [1.54, 1.807) is 0 Å². The number of carbonyl (C=O) groups excluding carboxylic acids is 1. The highest BCUT2D eigenvalue weighted by molar-refractivity contribution is 6.30. The van der Waals surface area contributed by atoms with Gasteiger partial charge in [0.2, 0.25) is 5.91 Å². The highest BCUT2D eigenvalue weighted by atomic mass is 35.5. The van der Waals surface area contributed by atoms with Gasteiger partial charge in [-0.15, -0.1) is 12.4 Å². The van der Waals surface area contributed by atoms with Crippen LogP contribution in [0.5, 0.6) is 0 Å². The van der Waals surface area contributed by atoms with Crippen molar-refractivity contribution >= 4 is 29.9 Å². The van der Waals surface area contributed by atoms with Crippen LogP contribution in [0.4, 0.5) is 0 Å². The molecular formula is C19H22Cl2N2O. The predicted molar refractivity (Wildman–Crippen MR) is 102 cm³/mol. The van der Waals surface area contributed by atoms with Gasteiger partial charge in [0.05, 0.1) is 6.54 Å². The van der Waals surface area contributed by atoms with Crippen LogP contribution in [0, 0.1) is 5.92 Å². The number of hydrogen-bond donors (Lipinski definition) is 2. The average molecular weight is 365 g/mol. The molecule has 0 saturated heterocycles. The molecule has 0 aromatic heterocycles. The second-order valence-electron chi connectivity index (χ2n) is 6.02. The van der Waals surface area contributed by atoms with E-state index in [1.165, 1.54) is 12.8 Å². The molecule has 1 fully saturated rings.